The van der Waals surface area contributed by atoms with E-state index in [1.54, 1.807) is 0 Å². The van der Waals surface area contributed by atoms with E-state index in [0.717, 1.165) is 19.5 Å². The maximum Gasteiger partial charge on any atom is 0.0714 e. The van der Waals surface area contributed by atoms with Crippen LogP contribution in [-0.4, -0.2) is 11.5 Å². The number of aryl methyl sites for hydroxylation is 3. The van der Waals surface area contributed by atoms with E-state index in [0.29, 0.717) is 5.92 Å². The van der Waals surface area contributed by atoms with E-state index in [2.05, 4.69) is 45.1 Å². The molecule has 1 aliphatic carbocycles. The molecule has 0 amide bonds. The van der Waals surface area contributed by atoms with E-state index in [4.69, 9.17) is 4.98 Å². The Morgan fingerprint density at radius 3 is 2.76 bits per heavy atom. The van der Waals surface area contributed by atoms with Crippen molar-refractivity contribution in [3.8, 4) is 0 Å². The Labute approximate surface area is 128 Å². The number of aromatic nitrogens is 1. The lowest BCUT2D eigenvalue weighted by molar-refractivity contribution is 0.552. The molecular weight excluding hydrogens is 256 g/mol. The number of nitrogens with zero attached hydrogens (tertiary/aromatic N) is 1. The Hall–Kier alpha value is -1.41. The molecule has 0 unspecified atom stereocenters. The molecule has 0 saturated heterocycles. The van der Waals surface area contributed by atoms with Crippen molar-refractivity contribution in [1.29, 1.82) is 0 Å². The first kappa shape index (κ1) is 14.5. The lowest BCUT2D eigenvalue weighted by atomic mass is 9.96. The van der Waals surface area contributed by atoms with Crippen LogP contribution in [-0.2, 0) is 19.4 Å². The molecule has 1 N–H and O–H groups in total. The van der Waals surface area contributed by atoms with E-state index in [-0.39, 0.29) is 0 Å². The molecule has 2 aromatic rings. The summed E-state index contributed by atoms with van der Waals surface area (Å²) in [7, 11) is 0. The second-order valence-electron chi connectivity index (χ2n) is 6.87. The summed E-state index contributed by atoms with van der Waals surface area (Å²) in [5, 5.41) is 5.02. The number of hydrogen-bond acceptors (Lipinski definition) is 2. The fraction of sp³-hybridized carbons (Fsp3) is 0.526. The van der Waals surface area contributed by atoms with Crippen molar-refractivity contribution < 1.29 is 0 Å². The Morgan fingerprint density at radius 1 is 1.19 bits per heavy atom. The van der Waals surface area contributed by atoms with Gasteiger partial charge >= 0.3 is 0 Å². The van der Waals surface area contributed by atoms with Crippen molar-refractivity contribution in [2.75, 3.05) is 6.54 Å². The van der Waals surface area contributed by atoms with Gasteiger partial charge in [0.05, 0.1) is 5.52 Å². The molecule has 1 aromatic carbocycles. The van der Waals surface area contributed by atoms with Gasteiger partial charge in [0.15, 0.2) is 0 Å². The summed E-state index contributed by atoms with van der Waals surface area (Å²) in [6.45, 7) is 11.0. The van der Waals surface area contributed by atoms with Gasteiger partial charge in [-0.1, -0.05) is 19.9 Å². The van der Waals surface area contributed by atoms with Gasteiger partial charge in [-0.3, -0.25) is 4.98 Å². The number of pyridine rings is 1. The Kier molecular flexibility index (Phi) is 3.99. The molecule has 0 atom stereocenters. The van der Waals surface area contributed by atoms with Gasteiger partial charge in [-0.05, 0) is 73.9 Å². The first-order valence-electron chi connectivity index (χ1n) is 8.18. The molecular formula is C19H26N2. The predicted octanol–water partition coefficient (Wildman–Crippen LogP) is 4.09. The maximum atomic E-state index is 4.95. The monoisotopic (exact) mass is 282 g/mol. The van der Waals surface area contributed by atoms with E-state index in [9.17, 15) is 0 Å². The summed E-state index contributed by atoms with van der Waals surface area (Å²) in [6, 6.07) is 4.53. The summed E-state index contributed by atoms with van der Waals surface area (Å²) < 4.78 is 0. The van der Waals surface area contributed by atoms with Crippen LogP contribution in [0.2, 0.25) is 0 Å². The third-order valence-corrected chi connectivity index (χ3v) is 4.42. The second-order valence-corrected chi connectivity index (χ2v) is 6.87. The van der Waals surface area contributed by atoms with Crippen LogP contribution >= 0.6 is 0 Å². The highest BCUT2D eigenvalue weighted by Crippen LogP contribution is 2.32. The summed E-state index contributed by atoms with van der Waals surface area (Å²) in [5.41, 5.74) is 8.24. The number of benzene rings is 1. The molecule has 112 valence electrons. The first-order valence-corrected chi connectivity index (χ1v) is 8.18. The molecule has 2 heteroatoms. The Morgan fingerprint density at radius 2 is 2.00 bits per heavy atom. The van der Waals surface area contributed by atoms with Crippen LogP contribution in [0.25, 0.3) is 10.9 Å². The van der Waals surface area contributed by atoms with Gasteiger partial charge in [0, 0.05) is 17.6 Å². The fourth-order valence-corrected chi connectivity index (χ4v) is 3.58. The van der Waals surface area contributed by atoms with Crippen molar-refractivity contribution in [2.24, 2.45) is 5.92 Å². The number of nitrogens with one attached hydrogen (secondary N) is 1. The van der Waals surface area contributed by atoms with Gasteiger partial charge in [-0.25, -0.2) is 0 Å². The summed E-state index contributed by atoms with van der Waals surface area (Å²) in [5.74, 6) is 0.689. The molecule has 0 radical (unpaired) electrons. The maximum absolute atomic E-state index is 4.95. The zero-order chi connectivity index (χ0) is 15.0. The van der Waals surface area contributed by atoms with Crippen molar-refractivity contribution in [3.05, 3.63) is 40.1 Å². The van der Waals surface area contributed by atoms with Gasteiger partial charge in [0.1, 0.15) is 0 Å². The van der Waals surface area contributed by atoms with Crippen molar-refractivity contribution >= 4 is 10.9 Å². The minimum atomic E-state index is 0.689. The number of fused-ring (bicyclic) bond motifs is 2. The van der Waals surface area contributed by atoms with Crippen LogP contribution in [0.15, 0.2) is 12.1 Å². The van der Waals surface area contributed by atoms with Gasteiger partial charge in [0.25, 0.3) is 0 Å². The van der Waals surface area contributed by atoms with Gasteiger partial charge in [-0.2, -0.15) is 0 Å². The smallest absolute Gasteiger partial charge is 0.0714 e. The molecule has 1 heterocycles. The van der Waals surface area contributed by atoms with E-state index in [1.165, 1.54) is 51.7 Å². The summed E-state index contributed by atoms with van der Waals surface area (Å²) in [6.07, 6.45) is 3.60. The van der Waals surface area contributed by atoms with Crippen molar-refractivity contribution in [1.82, 2.24) is 10.3 Å². The molecule has 2 nitrogen and oxygen atoms in total. The lowest BCUT2D eigenvalue weighted by Crippen LogP contribution is -2.20. The van der Waals surface area contributed by atoms with Gasteiger partial charge < -0.3 is 5.32 Å². The quantitative estimate of drug-likeness (QED) is 0.913. The molecule has 3 rings (SSSR count). The minimum absolute atomic E-state index is 0.689. The average molecular weight is 282 g/mol. The van der Waals surface area contributed by atoms with Crippen LogP contribution in [0, 0.1) is 19.8 Å². The SMILES string of the molecule is Cc1cc(C)c2c(CNCC(C)C)c3c(nc2c1)CCC3. The topological polar surface area (TPSA) is 24.9 Å². The average Bonchev–Trinajstić information content (AvgIpc) is 2.84. The Balaban J connectivity index is 2.10. The fourth-order valence-electron chi connectivity index (χ4n) is 3.58. The zero-order valence-electron chi connectivity index (χ0n) is 13.7. The zero-order valence-corrected chi connectivity index (χ0v) is 13.7. The normalized spacial score (nSPS) is 14.1. The van der Waals surface area contributed by atoms with E-state index >= 15 is 0 Å². The second kappa shape index (κ2) is 5.76. The summed E-state index contributed by atoms with van der Waals surface area (Å²) in [4.78, 5) is 4.95. The van der Waals surface area contributed by atoms with E-state index < -0.39 is 0 Å². The van der Waals surface area contributed by atoms with Crippen LogP contribution < -0.4 is 5.32 Å². The van der Waals surface area contributed by atoms with Crippen LogP contribution in [0.5, 0.6) is 0 Å². The molecule has 21 heavy (non-hydrogen) atoms. The highest BCUT2D eigenvalue weighted by Gasteiger charge is 2.20. The highest BCUT2D eigenvalue weighted by molar-refractivity contribution is 5.87. The molecule has 1 aromatic heterocycles. The van der Waals surface area contributed by atoms with Crippen molar-refractivity contribution in [2.45, 2.75) is 53.5 Å². The van der Waals surface area contributed by atoms with Crippen LogP contribution in [0.4, 0.5) is 0 Å². The van der Waals surface area contributed by atoms with Gasteiger partial charge in [0.2, 0.25) is 0 Å². The molecule has 0 spiro atoms. The summed E-state index contributed by atoms with van der Waals surface area (Å²) >= 11 is 0. The molecule has 0 fully saturated rings. The molecule has 0 aliphatic heterocycles. The Bertz CT molecular complexity index is 671. The number of rotatable bonds is 4. The predicted molar refractivity (Wildman–Crippen MR) is 89.8 cm³/mol. The molecule has 0 saturated carbocycles. The molecule has 0 bridgehead atoms. The van der Waals surface area contributed by atoms with Crippen LogP contribution in [0.3, 0.4) is 0 Å². The lowest BCUT2D eigenvalue weighted by Gasteiger charge is -2.16. The van der Waals surface area contributed by atoms with Gasteiger partial charge in [-0.15, -0.1) is 0 Å². The minimum Gasteiger partial charge on any atom is -0.312 e. The van der Waals surface area contributed by atoms with Crippen LogP contribution in [0.1, 0.15) is 48.2 Å². The standard InChI is InChI=1S/C19H26N2/c1-12(2)10-20-11-16-15-6-5-7-17(15)21-18-9-13(3)8-14(4)19(16)18/h8-9,12,20H,5-7,10-11H2,1-4H3. The third-order valence-electron chi connectivity index (χ3n) is 4.42. The van der Waals surface area contributed by atoms with E-state index in [1.807, 2.05) is 0 Å². The first-order chi connectivity index (χ1) is 10.1. The number of hydrogen-bond donors (Lipinski definition) is 1. The highest BCUT2D eigenvalue weighted by atomic mass is 14.9. The largest absolute Gasteiger partial charge is 0.312 e. The third kappa shape index (κ3) is 2.82. The molecule has 1 aliphatic rings. The van der Waals surface area contributed by atoms with Crippen molar-refractivity contribution in [3.63, 3.8) is 0 Å².